The average molecular weight is 421 g/mol. The molecule has 1 saturated heterocycles. The van der Waals surface area contributed by atoms with Gasteiger partial charge in [0, 0.05) is 31.7 Å². The lowest BCUT2D eigenvalue weighted by Gasteiger charge is -2.35. The zero-order chi connectivity index (χ0) is 21.8. The molecule has 1 amide bonds. The quantitative estimate of drug-likeness (QED) is 0.608. The summed E-state index contributed by atoms with van der Waals surface area (Å²) in [5.74, 6) is 1.92. The second-order valence-corrected chi connectivity index (χ2v) is 8.05. The Hall–Kier alpha value is -3.19. The first-order valence-electron chi connectivity index (χ1n) is 10.6. The third kappa shape index (κ3) is 5.30. The van der Waals surface area contributed by atoms with Gasteiger partial charge in [-0.05, 0) is 32.9 Å². The van der Waals surface area contributed by atoms with Crippen LogP contribution in [-0.4, -0.2) is 58.1 Å². The third-order valence-corrected chi connectivity index (χ3v) is 5.50. The summed E-state index contributed by atoms with van der Waals surface area (Å²) in [6.45, 7) is 9.27. The standard InChI is InChI=1S/C24H28N4O3/c1-17-4-8-20(9-5-17)23-25-22(31-26-23)16-27-12-14-28(15-13-27)24(29)19(3)30-21-10-6-18(2)7-11-21/h4-11,19H,12-16H2,1-3H3. The fourth-order valence-corrected chi connectivity index (χ4v) is 3.59. The van der Waals surface area contributed by atoms with Crippen LogP contribution >= 0.6 is 0 Å². The van der Waals surface area contributed by atoms with E-state index in [2.05, 4.69) is 15.0 Å². The summed E-state index contributed by atoms with van der Waals surface area (Å²) in [4.78, 5) is 21.4. The minimum Gasteiger partial charge on any atom is -0.481 e. The number of aryl methyl sites for hydroxylation is 2. The molecule has 0 bridgehead atoms. The van der Waals surface area contributed by atoms with Crippen LogP contribution in [0.15, 0.2) is 53.1 Å². The summed E-state index contributed by atoms with van der Waals surface area (Å²) < 4.78 is 11.3. The third-order valence-electron chi connectivity index (χ3n) is 5.50. The number of ether oxygens (including phenoxy) is 1. The van der Waals surface area contributed by atoms with Crippen LogP contribution in [0.3, 0.4) is 0 Å². The summed E-state index contributed by atoms with van der Waals surface area (Å²) in [5.41, 5.74) is 3.30. The first-order chi connectivity index (χ1) is 15.0. The van der Waals surface area contributed by atoms with E-state index in [-0.39, 0.29) is 5.91 Å². The molecule has 31 heavy (non-hydrogen) atoms. The van der Waals surface area contributed by atoms with Crippen LogP contribution < -0.4 is 4.74 Å². The van der Waals surface area contributed by atoms with E-state index in [4.69, 9.17) is 9.26 Å². The molecule has 2 aromatic carbocycles. The minimum atomic E-state index is -0.512. The molecule has 1 unspecified atom stereocenters. The summed E-state index contributed by atoms with van der Waals surface area (Å²) >= 11 is 0. The van der Waals surface area contributed by atoms with Crippen molar-refractivity contribution in [3.05, 3.63) is 65.5 Å². The van der Waals surface area contributed by atoms with Crippen molar-refractivity contribution in [2.24, 2.45) is 0 Å². The Morgan fingerprint density at radius 2 is 1.61 bits per heavy atom. The van der Waals surface area contributed by atoms with Gasteiger partial charge in [0.2, 0.25) is 11.7 Å². The highest BCUT2D eigenvalue weighted by molar-refractivity contribution is 5.81. The van der Waals surface area contributed by atoms with Crippen molar-refractivity contribution >= 4 is 5.91 Å². The fourth-order valence-electron chi connectivity index (χ4n) is 3.59. The van der Waals surface area contributed by atoms with Crippen LogP contribution in [-0.2, 0) is 11.3 Å². The van der Waals surface area contributed by atoms with E-state index in [0.717, 1.165) is 24.2 Å². The van der Waals surface area contributed by atoms with E-state index < -0.39 is 6.10 Å². The average Bonchev–Trinajstić information content (AvgIpc) is 3.24. The van der Waals surface area contributed by atoms with E-state index in [1.54, 1.807) is 6.92 Å². The number of piperazine rings is 1. The highest BCUT2D eigenvalue weighted by Crippen LogP contribution is 2.18. The Kier molecular flexibility index (Phi) is 6.32. The van der Waals surface area contributed by atoms with Gasteiger partial charge < -0.3 is 14.2 Å². The number of carbonyl (C=O) groups is 1. The lowest BCUT2D eigenvalue weighted by molar-refractivity contribution is -0.139. The molecule has 162 valence electrons. The molecule has 1 atom stereocenters. The Balaban J connectivity index is 1.27. The molecule has 1 fully saturated rings. The summed E-state index contributed by atoms with van der Waals surface area (Å²) in [5, 5.41) is 4.10. The number of aromatic nitrogens is 2. The summed E-state index contributed by atoms with van der Waals surface area (Å²) in [6.07, 6.45) is -0.512. The lowest BCUT2D eigenvalue weighted by atomic mass is 10.1. The number of amides is 1. The molecule has 7 nitrogen and oxygen atoms in total. The molecule has 2 heterocycles. The van der Waals surface area contributed by atoms with Gasteiger partial charge >= 0.3 is 0 Å². The molecule has 4 rings (SSSR count). The van der Waals surface area contributed by atoms with Crippen LogP contribution in [0.2, 0.25) is 0 Å². The van der Waals surface area contributed by atoms with E-state index in [1.165, 1.54) is 5.56 Å². The van der Waals surface area contributed by atoms with Crippen molar-refractivity contribution < 1.29 is 14.1 Å². The number of nitrogens with zero attached hydrogens (tertiary/aromatic N) is 4. The maximum Gasteiger partial charge on any atom is 0.263 e. The van der Waals surface area contributed by atoms with Crippen LogP contribution in [0, 0.1) is 13.8 Å². The molecule has 0 aliphatic carbocycles. The van der Waals surface area contributed by atoms with Crippen molar-refractivity contribution in [3.8, 4) is 17.1 Å². The maximum atomic E-state index is 12.8. The number of carbonyl (C=O) groups excluding carboxylic acids is 1. The van der Waals surface area contributed by atoms with E-state index in [9.17, 15) is 4.79 Å². The molecule has 1 aliphatic heterocycles. The minimum absolute atomic E-state index is 0.0136. The highest BCUT2D eigenvalue weighted by atomic mass is 16.5. The fraction of sp³-hybridized carbons (Fsp3) is 0.375. The normalized spacial score (nSPS) is 15.6. The van der Waals surface area contributed by atoms with Gasteiger partial charge in [0.05, 0.1) is 6.54 Å². The smallest absolute Gasteiger partial charge is 0.263 e. The maximum absolute atomic E-state index is 12.8. The van der Waals surface area contributed by atoms with Crippen molar-refractivity contribution in [3.63, 3.8) is 0 Å². The molecule has 3 aromatic rings. The second kappa shape index (κ2) is 9.31. The van der Waals surface area contributed by atoms with Gasteiger partial charge in [-0.3, -0.25) is 9.69 Å². The molecule has 0 radical (unpaired) electrons. The van der Waals surface area contributed by atoms with Gasteiger partial charge in [-0.25, -0.2) is 0 Å². The Labute approximate surface area is 182 Å². The second-order valence-electron chi connectivity index (χ2n) is 8.05. The van der Waals surface area contributed by atoms with Crippen LogP contribution in [0.25, 0.3) is 11.4 Å². The zero-order valence-corrected chi connectivity index (χ0v) is 18.2. The molecule has 1 aliphatic rings. The number of hydrogen-bond donors (Lipinski definition) is 0. The Bertz CT molecular complexity index is 1010. The number of rotatable bonds is 6. The van der Waals surface area contributed by atoms with Gasteiger partial charge in [0.15, 0.2) is 6.10 Å². The zero-order valence-electron chi connectivity index (χ0n) is 18.2. The van der Waals surface area contributed by atoms with Crippen LogP contribution in [0.4, 0.5) is 0 Å². The molecular weight excluding hydrogens is 392 g/mol. The largest absolute Gasteiger partial charge is 0.481 e. The predicted octanol–water partition coefficient (Wildman–Crippen LogP) is 3.47. The van der Waals surface area contributed by atoms with E-state index in [1.807, 2.05) is 67.3 Å². The van der Waals surface area contributed by atoms with Gasteiger partial charge in [0.1, 0.15) is 5.75 Å². The van der Waals surface area contributed by atoms with Gasteiger partial charge in [-0.1, -0.05) is 52.7 Å². The van der Waals surface area contributed by atoms with Gasteiger partial charge in [-0.2, -0.15) is 4.98 Å². The Morgan fingerprint density at radius 3 is 2.26 bits per heavy atom. The van der Waals surface area contributed by atoms with Crippen molar-refractivity contribution in [2.45, 2.75) is 33.4 Å². The van der Waals surface area contributed by atoms with E-state index in [0.29, 0.717) is 37.1 Å². The van der Waals surface area contributed by atoms with Gasteiger partial charge in [0.25, 0.3) is 5.91 Å². The predicted molar refractivity (Wildman–Crippen MR) is 118 cm³/mol. The first-order valence-corrected chi connectivity index (χ1v) is 10.6. The molecule has 7 heteroatoms. The molecule has 0 N–H and O–H groups in total. The van der Waals surface area contributed by atoms with Crippen LogP contribution in [0.1, 0.15) is 23.9 Å². The summed E-state index contributed by atoms with van der Waals surface area (Å²) in [6, 6.07) is 15.8. The number of hydrogen-bond acceptors (Lipinski definition) is 6. The molecule has 0 saturated carbocycles. The lowest BCUT2D eigenvalue weighted by Crippen LogP contribution is -2.51. The molecular formula is C24H28N4O3. The Morgan fingerprint density at radius 1 is 1.00 bits per heavy atom. The topological polar surface area (TPSA) is 71.7 Å². The van der Waals surface area contributed by atoms with Crippen molar-refractivity contribution in [1.29, 1.82) is 0 Å². The molecule has 0 spiro atoms. The van der Waals surface area contributed by atoms with Crippen LogP contribution in [0.5, 0.6) is 5.75 Å². The molecule has 1 aromatic heterocycles. The van der Waals surface area contributed by atoms with Crippen molar-refractivity contribution in [1.82, 2.24) is 19.9 Å². The summed E-state index contributed by atoms with van der Waals surface area (Å²) in [7, 11) is 0. The van der Waals surface area contributed by atoms with Gasteiger partial charge in [-0.15, -0.1) is 0 Å². The SMILES string of the molecule is Cc1ccc(OC(C)C(=O)N2CCN(Cc3nc(-c4ccc(C)cc4)no3)CC2)cc1. The number of benzene rings is 2. The van der Waals surface area contributed by atoms with E-state index >= 15 is 0 Å². The van der Waals surface area contributed by atoms with Crippen molar-refractivity contribution in [2.75, 3.05) is 26.2 Å². The highest BCUT2D eigenvalue weighted by Gasteiger charge is 2.27. The first kappa shape index (κ1) is 21.1. The monoisotopic (exact) mass is 420 g/mol.